The maximum atomic E-state index is 12.7. The number of carbonyl (C=O) groups is 4. The fraction of sp³-hybridized carbons (Fsp3) is 0.571. The number of fused-ring (bicyclic) bond motifs is 1. The fourth-order valence-corrected chi connectivity index (χ4v) is 5.84. The third-order valence-corrected chi connectivity index (χ3v) is 7.32. The molecule has 4 rings (SSSR count). The van der Waals surface area contributed by atoms with Gasteiger partial charge >= 0.3 is 17.8 Å². The summed E-state index contributed by atoms with van der Waals surface area (Å²) in [6.07, 6.45) is 9.17. The maximum absolute atomic E-state index is 12.7. The second-order valence-corrected chi connectivity index (χ2v) is 9.17. The zero-order valence-corrected chi connectivity index (χ0v) is 17.6. The Labute approximate surface area is 178 Å². The smallest absolute Gasteiger partial charge is 0.315 e. The van der Waals surface area contributed by atoms with Crippen molar-refractivity contribution in [3.8, 4) is 6.07 Å². The van der Waals surface area contributed by atoms with E-state index >= 15 is 0 Å². The number of nitrogens with zero attached hydrogens (tertiary/aromatic N) is 3. The van der Waals surface area contributed by atoms with E-state index in [1.807, 2.05) is 0 Å². The lowest BCUT2D eigenvalue weighted by Crippen LogP contribution is -2.43. The molecule has 1 aromatic heterocycles. The first-order chi connectivity index (χ1) is 14.5. The van der Waals surface area contributed by atoms with E-state index in [-0.39, 0.29) is 6.04 Å². The van der Waals surface area contributed by atoms with Crippen LogP contribution in [-0.2, 0) is 27.2 Å². The van der Waals surface area contributed by atoms with E-state index in [0.29, 0.717) is 23.4 Å². The van der Waals surface area contributed by atoms with E-state index < -0.39 is 30.3 Å². The van der Waals surface area contributed by atoms with E-state index in [9.17, 15) is 24.4 Å². The molecule has 0 bridgehead atoms. The molecule has 158 valence electrons. The molecular formula is C21H24N4O4S. The first-order valence-electron chi connectivity index (χ1n) is 10.5. The van der Waals surface area contributed by atoms with Gasteiger partial charge < -0.3 is 5.32 Å². The van der Waals surface area contributed by atoms with Crippen LogP contribution in [0.4, 0.5) is 9.80 Å². The maximum Gasteiger partial charge on any atom is 0.334 e. The second kappa shape index (κ2) is 8.56. The molecule has 1 aromatic rings. The molecule has 0 spiro atoms. The number of nitriles is 1. The zero-order valence-electron chi connectivity index (χ0n) is 16.7. The molecule has 1 saturated carbocycles. The van der Waals surface area contributed by atoms with Crippen molar-refractivity contribution in [2.24, 2.45) is 0 Å². The van der Waals surface area contributed by atoms with E-state index in [1.165, 1.54) is 11.3 Å². The number of amides is 5. The molecule has 2 fully saturated rings. The summed E-state index contributed by atoms with van der Waals surface area (Å²) >= 11 is 1.39. The number of nitrogens with one attached hydrogen (secondary N) is 1. The van der Waals surface area contributed by atoms with E-state index in [1.54, 1.807) is 0 Å². The Morgan fingerprint density at radius 3 is 2.47 bits per heavy atom. The van der Waals surface area contributed by atoms with Crippen molar-refractivity contribution in [3.63, 3.8) is 0 Å². The molecule has 0 atom stereocenters. The first kappa shape index (κ1) is 20.5. The van der Waals surface area contributed by atoms with E-state index in [0.717, 1.165) is 71.6 Å². The fourth-order valence-electron chi connectivity index (χ4n) is 4.58. The van der Waals surface area contributed by atoms with E-state index in [2.05, 4.69) is 11.4 Å². The van der Waals surface area contributed by atoms with Gasteiger partial charge in [-0.1, -0.05) is 25.7 Å². The van der Waals surface area contributed by atoms with Gasteiger partial charge in [0.05, 0.1) is 5.56 Å². The molecule has 0 aromatic carbocycles. The molecule has 9 heteroatoms. The van der Waals surface area contributed by atoms with Crippen LogP contribution in [0.2, 0.25) is 0 Å². The number of aryl methyl sites for hydroxylation is 1. The SMILES string of the molecule is N#Cc1c(NC(=O)CN2C(=O)C(=O)N(C3CCCCC3)C2=O)sc2c1CCCCC2. The molecule has 5 amide bonds. The largest absolute Gasteiger partial charge is 0.334 e. The van der Waals surface area contributed by atoms with Gasteiger partial charge in [-0.25, -0.2) is 9.69 Å². The summed E-state index contributed by atoms with van der Waals surface area (Å²) in [5.41, 5.74) is 1.48. The number of thiophene rings is 1. The van der Waals surface area contributed by atoms with Gasteiger partial charge in [0.2, 0.25) is 5.91 Å². The molecular weight excluding hydrogens is 404 g/mol. The summed E-state index contributed by atoms with van der Waals surface area (Å²) < 4.78 is 0. The molecule has 0 unspecified atom stereocenters. The van der Waals surface area contributed by atoms with Crippen LogP contribution in [0, 0.1) is 11.3 Å². The van der Waals surface area contributed by atoms with Gasteiger partial charge in [0.1, 0.15) is 17.6 Å². The number of carbonyl (C=O) groups excluding carboxylic acids is 4. The molecule has 0 radical (unpaired) electrons. The van der Waals surface area contributed by atoms with Gasteiger partial charge in [0.15, 0.2) is 0 Å². The average molecular weight is 429 g/mol. The second-order valence-electron chi connectivity index (χ2n) is 8.07. The average Bonchev–Trinajstić information content (AvgIpc) is 3.04. The van der Waals surface area contributed by atoms with E-state index in [4.69, 9.17) is 0 Å². The molecule has 1 aliphatic heterocycles. The number of imide groups is 2. The van der Waals surface area contributed by atoms with Gasteiger partial charge in [-0.3, -0.25) is 19.3 Å². The van der Waals surface area contributed by atoms with Crippen molar-refractivity contribution in [2.75, 3.05) is 11.9 Å². The van der Waals surface area contributed by atoms with Gasteiger partial charge in [-0.2, -0.15) is 5.26 Å². The summed E-state index contributed by atoms with van der Waals surface area (Å²) in [6, 6.07) is 1.21. The van der Waals surface area contributed by atoms with Crippen LogP contribution in [0.25, 0.3) is 0 Å². The molecule has 1 saturated heterocycles. The van der Waals surface area contributed by atoms with Gasteiger partial charge in [0.25, 0.3) is 0 Å². The minimum atomic E-state index is -0.955. The topological polar surface area (TPSA) is 111 Å². The number of hydrogen-bond acceptors (Lipinski definition) is 6. The van der Waals surface area contributed by atoms with Gasteiger partial charge in [-0.05, 0) is 44.1 Å². The zero-order chi connectivity index (χ0) is 21.3. The summed E-state index contributed by atoms with van der Waals surface area (Å²) in [7, 11) is 0. The molecule has 30 heavy (non-hydrogen) atoms. The molecule has 2 heterocycles. The first-order valence-corrected chi connectivity index (χ1v) is 11.4. The number of rotatable bonds is 4. The van der Waals surface area contributed by atoms with Crippen LogP contribution in [0.5, 0.6) is 0 Å². The Morgan fingerprint density at radius 2 is 1.73 bits per heavy atom. The van der Waals surface area contributed by atoms with Crippen molar-refractivity contribution < 1.29 is 19.2 Å². The minimum absolute atomic E-state index is 0.270. The lowest BCUT2D eigenvalue weighted by molar-refractivity contribution is -0.144. The van der Waals surface area contributed by atoms with Gasteiger partial charge in [-0.15, -0.1) is 11.3 Å². The lowest BCUT2D eigenvalue weighted by atomic mass is 9.94. The number of urea groups is 1. The van der Waals surface area contributed by atoms with Crippen molar-refractivity contribution in [1.29, 1.82) is 5.26 Å². The monoisotopic (exact) mass is 428 g/mol. The van der Waals surface area contributed by atoms with Crippen LogP contribution in [0.15, 0.2) is 0 Å². The molecule has 2 aliphatic carbocycles. The summed E-state index contributed by atoms with van der Waals surface area (Å²) in [6.45, 7) is -0.528. The number of anilines is 1. The highest BCUT2D eigenvalue weighted by atomic mass is 32.1. The summed E-state index contributed by atoms with van der Waals surface area (Å²) in [5, 5.41) is 12.7. The quantitative estimate of drug-likeness (QED) is 0.450. The summed E-state index contributed by atoms with van der Waals surface area (Å²) in [5.74, 6) is -2.38. The van der Waals surface area contributed by atoms with Crippen molar-refractivity contribution in [1.82, 2.24) is 9.80 Å². The predicted octanol–water partition coefficient (Wildman–Crippen LogP) is 2.95. The van der Waals surface area contributed by atoms with Crippen LogP contribution < -0.4 is 5.32 Å². The van der Waals surface area contributed by atoms with Crippen LogP contribution in [-0.4, -0.2) is 46.1 Å². The standard InChI is InChI=1S/C21H24N4O4S/c22-11-15-14-9-5-2-6-10-16(14)30-18(15)23-17(26)12-24-19(27)20(28)25(21(24)29)13-7-3-1-4-8-13/h13H,1-10,12H2,(H,23,26). The predicted molar refractivity (Wildman–Crippen MR) is 110 cm³/mol. The lowest BCUT2D eigenvalue weighted by Gasteiger charge is -2.28. The third kappa shape index (κ3) is 3.72. The highest BCUT2D eigenvalue weighted by molar-refractivity contribution is 7.16. The molecule has 8 nitrogen and oxygen atoms in total. The normalized spacial score (nSPS) is 20.2. The molecule has 3 aliphatic rings. The Hall–Kier alpha value is -2.73. The van der Waals surface area contributed by atoms with Crippen LogP contribution >= 0.6 is 11.3 Å². The Balaban J connectivity index is 1.47. The Bertz CT molecular complexity index is 942. The summed E-state index contributed by atoms with van der Waals surface area (Å²) in [4.78, 5) is 52.9. The van der Waals surface area contributed by atoms with Crippen molar-refractivity contribution in [3.05, 3.63) is 16.0 Å². The number of hydrogen-bond donors (Lipinski definition) is 1. The Morgan fingerprint density at radius 1 is 1.03 bits per heavy atom. The van der Waals surface area contributed by atoms with Crippen LogP contribution in [0.3, 0.4) is 0 Å². The van der Waals surface area contributed by atoms with Crippen molar-refractivity contribution >= 4 is 40.1 Å². The highest BCUT2D eigenvalue weighted by Gasteiger charge is 2.48. The third-order valence-electron chi connectivity index (χ3n) is 6.11. The Kier molecular flexibility index (Phi) is 5.86. The minimum Gasteiger partial charge on any atom is -0.315 e. The molecule has 1 N–H and O–H groups in total. The van der Waals surface area contributed by atoms with Crippen molar-refractivity contribution in [2.45, 2.75) is 70.3 Å². The highest BCUT2D eigenvalue weighted by Crippen LogP contribution is 2.37. The van der Waals surface area contributed by atoms with Crippen LogP contribution in [0.1, 0.15) is 67.4 Å². The van der Waals surface area contributed by atoms with Gasteiger partial charge in [0, 0.05) is 10.9 Å².